The minimum Gasteiger partial charge on any atom is -0.198 e. The van der Waals surface area contributed by atoms with Gasteiger partial charge in [0.05, 0.1) is 11.5 Å². The third-order valence-electron chi connectivity index (χ3n) is 3.33. The highest BCUT2D eigenvalue weighted by Gasteiger charge is 2.36. The maximum absolute atomic E-state index is 9.09. The fraction of sp³-hybridized carbons (Fsp3) is 0.462. The van der Waals surface area contributed by atoms with Gasteiger partial charge >= 0.3 is 0 Å². The summed E-state index contributed by atoms with van der Waals surface area (Å²) in [6.07, 6.45) is 5.30. The van der Waals surface area contributed by atoms with E-state index in [1.54, 1.807) is 0 Å². The lowest BCUT2D eigenvalue weighted by atomic mass is 9.67. The van der Waals surface area contributed by atoms with Crippen LogP contribution in [0.1, 0.15) is 31.2 Å². The van der Waals surface area contributed by atoms with Crippen LogP contribution in [0, 0.1) is 16.7 Å². The molecular formula is C13H14ClN. The van der Waals surface area contributed by atoms with Gasteiger partial charge in [0, 0.05) is 5.02 Å². The lowest BCUT2D eigenvalue weighted by Crippen LogP contribution is -2.27. The first-order chi connectivity index (χ1) is 7.24. The van der Waals surface area contributed by atoms with E-state index in [0.29, 0.717) is 0 Å². The summed E-state index contributed by atoms with van der Waals surface area (Å²) in [6.45, 7) is 0. The molecule has 1 aromatic carbocycles. The minimum absolute atomic E-state index is 0.0255. The molecule has 2 rings (SSSR count). The van der Waals surface area contributed by atoms with Crippen LogP contribution in [0.2, 0.25) is 5.02 Å². The summed E-state index contributed by atoms with van der Waals surface area (Å²) in [4.78, 5) is 0. The summed E-state index contributed by atoms with van der Waals surface area (Å²) in [6, 6.07) is 10.4. The van der Waals surface area contributed by atoms with Gasteiger partial charge in [-0.25, -0.2) is 0 Å². The number of hydrogen-bond donors (Lipinski definition) is 0. The molecule has 0 aromatic heterocycles. The molecule has 0 N–H and O–H groups in total. The zero-order valence-corrected chi connectivity index (χ0v) is 9.43. The lowest BCUT2D eigenvalue weighted by Gasteiger charge is -2.35. The molecule has 15 heavy (non-hydrogen) atoms. The van der Waals surface area contributed by atoms with E-state index < -0.39 is 0 Å². The largest absolute Gasteiger partial charge is 0.198 e. The first-order valence-corrected chi connectivity index (χ1v) is 5.78. The zero-order valence-electron chi connectivity index (χ0n) is 8.67. The van der Waals surface area contributed by atoms with Gasteiger partial charge in [-0.3, -0.25) is 0 Å². The van der Waals surface area contributed by atoms with E-state index in [-0.39, 0.29) is 5.41 Å². The van der Waals surface area contributed by atoms with E-state index in [1.165, 1.54) is 12.0 Å². The van der Waals surface area contributed by atoms with Gasteiger partial charge < -0.3 is 0 Å². The summed E-state index contributed by atoms with van der Waals surface area (Å²) < 4.78 is 0. The standard InChI is InChI=1S/C13H14ClN/c14-12-4-1-3-11(9-12)5-8-13(10-15)6-2-7-13/h1,3-4,9H,2,5-8H2. The van der Waals surface area contributed by atoms with Crippen LogP contribution in [0.15, 0.2) is 24.3 Å². The molecule has 1 nitrogen and oxygen atoms in total. The van der Waals surface area contributed by atoms with Crippen molar-refractivity contribution >= 4 is 11.6 Å². The second kappa shape index (κ2) is 4.24. The van der Waals surface area contributed by atoms with E-state index >= 15 is 0 Å². The molecule has 1 aliphatic carbocycles. The van der Waals surface area contributed by atoms with Crippen molar-refractivity contribution in [1.29, 1.82) is 5.26 Å². The monoisotopic (exact) mass is 219 g/mol. The highest BCUT2D eigenvalue weighted by Crippen LogP contribution is 2.43. The van der Waals surface area contributed by atoms with Crippen molar-refractivity contribution in [3.8, 4) is 6.07 Å². The van der Waals surface area contributed by atoms with Crippen LogP contribution in [0.25, 0.3) is 0 Å². The van der Waals surface area contributed by atoms with Crippen molar-refractivity contribution in [2.24, 2.45) is 5.41 Å². The van der Waals surface area contributed by atoms with Crippen LogP contribution in [-0.4, -0.2) is 0 Å². The Bertz CT molecular complexity index is 388. The second-order valence-electron chi connectivity index (χ2n) is 4.38. The molecular weight excluding hydrogens is 206 g/mol. The van der Waals surface area contributed by atoms with Crippen molar-refractivity contribution in [3.63, 3.8) is 0 Å². The summed E-state index contributed by atoms with van der Waals surface area (Å²) in [5.41, 5.74) is 1.21. The molecule has 1 aromatic rings. The predicted molar refractivity (Wildman–Crippen MR) is 61.7 cm³/mol. The first kappa shape index (κ1) is 10.5. The summed E-state index contributed by atoms with van der Waals surface area (Å²) in [7, 11) is 0. The van der Waals surface area contributed by atoms with E-state index in [0.717, 1.165) is 30.7 Å². The van der Waals surface area contributed by atoms with Crippen LogP contribution in [-0.2, 0) is 6.42 Å². The van der Waals surface area contributed by atoms with Crippen LogP contribution in [0.3, 0.4) is 0 Å². The van der Waals surface area contributed by atoms with Crippen molar-refractivity contribution in [2.45, 2.75) is 32.1 Å². The van der Waals surface area contributed by atoms with Gasteiger partial charge in [0.2, 0.25) is 0 Å². The van der Waals surface area contributed by atoms with E-state index in [2.05, 4.69) is 12.1 Å². The van der Waals surface area contributed by atoms with Crippen LogP contribution >= 0.6 is 11.6 Å². The maximum atomic E-state index is 9.09. The Labute approximate surface area is 95.7 Å². The molecule has 0 heterocycles. The molecule has 0 saturated heterocycles. The number of hydrogen-bond acceptors (Lipinski definition) is 1. The smallest absolute Gasteiger partial charge is 0.0689 e. The summed E-state index contributed by atoms with van der Waals surface area (Å²) in [5, 5.41) is 9.88. The van der Waals surface area contributed by atoms with Crippen LogP contribution in [0.4, 0.5) is 0 Å². The lowest BCUT2D eigenvalue weighted by molar-refractivity contribution is 0.198. The number of nitriles is 1. The topological polar surface area (TPSA) is 23.8 Å². The molecule has 1 fully saturated rings. The Morgan fingerprint density at radius 3 is 2.73 bits per heavy atom. The zero-order chi connectivity index (χ0) is 10.7. The molecule has 78 valence electrons. The van der Waals surface area contributed by atoms with Gasteiger partial charge in [-0.1, -0.05) is 30.2 Å². The van der Waals surface area contributed by atoms with Crippen LogP contribution < -0.4 is 0 Å². The fourth-order valence-corrected chi connectivity index (χ4v) is 2.31. The first-order valence-electron chi connectivity index (χ1n) is 5.40. The summed E-state index contributed by atoms with van der Waals surface area (Å²) in [5.74, 6) is 0. The van der Waals surface area contributed by atoms with Crippen molar-refractivity contribution in [1.82, 2.24) is 0 Å². The van der Waals surface area contributed by atoms with E-state index in [1.807, 2.05) is 18.2 Å². The number of nitrogens with zero attached hydrogens (tertiary/aromatic N) is 1. The number of aryl methyl sites for hydroxylation is 1. The van der Waals surface area contributed by atoms with Crippen LogP contribution in [0.5, 0.6) is 0 Å². The van der Waals surface area contributed by atoms with E-state index in [9.17, 15) is 0 Å². The molecule has 0 bridgehead atoms. The predicted octanol–water partition coefficient (Wildman–Crippen LogP) is 3.97. The highest BCUT2D eigenvalue weighted by atomic mass is 35.5. The van der Waals surface area contributed by atoms with Gasteiger partial charge in [0.25, 0.3) is 0 Å². The molecule has 1 aliphatic rings. The normalized spacial score (nSPS) is 17.9. The molecule has 0 spiro atoms. The Balaban J connectivity index is 1.96. The molecule has 0 radical (unpaired) electrons. The fourth-order valence-electron chi connectivity index (χ4n) is 2.10. The van der Waals surface area contributed by atoms with Gasteiger partial charge in [0.1, 0.15) is 0 Å². The molecule has 1 saturated carbocycles. The Kier molecular flexibility index (Phi) is 2.98. The van der Waals surface area contributed by atoms with Gasteiger partial charge in [0.15, 0.2) is 0 Å². The number of rotatable bonds is 3. The van der Waals surface area contributed by atoms with Gasteiger partial charge in [-0.05, 0) is 43.4 Å². The van der Waals surface area contributed by atoms with Crippen molar-refractivity contribution in [3.05, 3.63) is 34.9 Å². The third kappa shape index (κ3) is 2.33. The molecule has 0 aliphatic heterocycles. The minimum atomic E-state index is -0.0255. The molecule has 0 unspecified atom stereocenters. The van der Waals surface area contributed by atoms with Crippen molar-refractivity contribution < 1.29 is 0 Å². The average Bonchev–Trinajstić information content (AvgIpc) is 2.17. The molecule has 0 atom stereocenters. The highest BCUT2D eigenvalue weighted by molar-refractivity contribution is 6.30. The maximum Gasteiger partial charge on any atom is 0.0689 e. The van der Waals surface area contributed by atoms with Crippen molar-refractivity contribution in [2.75, 3.05) is 0 Å². The SMILES string of the molecule is N#CC1(CCc2cccc(Cl)c2)CCC1. The molecule has 2 heteroatoms. The quantitative estimate of drug-likeness (QED) is 0.755. The van der Waals surface area contributed by atoms with E-state index in [4.69, 9.17) is 16.9 Å². The third-order valence-corrected chi connectivity index (χ3v) is 3.56. The Morgan fingerprint density at radius 2 is 2.20 bits per heavy atom. The number of benzene rings is 1. The van der Waals surface area contributed by atoms with Gasteiger partial charge in [-0.2, -0.15) is 5.26 Å². The molecule has 0 amide bonds. The average molecular weight is 220 g/mol. The Hall–Kier alpha value is -1.00. The van der Waals surface area contributed by atoms with Gasteiger partial charge in [-0.15, -0.1) is 0 Å². The number of halogens is 1. The Morgan fingerprint density at radius 1 is 1.40 bits per heavy atom. The second-order valence-corrected chi connectivity index (χ2v) is 4.81. The summed E-state index contributed by atoms with van der Waals surface area (Å²) >= 11 is 5.91.